The second kappa shape index (κ2) is 9.56. The summed E-state index contributed by atoms with van der Waals surface area (Å²) in [4.78, 5) is 16.8. The number of hydrogen-bond acceptors (Lipinski definition) is 2. The van der Waals surface area contributed by atoms with Gasteiger partial charge in [-0.05, 0) is 49.2 Å². The van der Waals surface area contributed by atoms with Gasteiger partial charge in [-0.15, -0.1) is 0 Å². The van der Waals surface area contributed by atoms with E-state index in [1.165, 1.54) is 18.1 Å². The Balaban J connectivity index is 1.42. The number of thiocarbonyl (C=S) groups is 1. The number of amides is 1. The first-order chi connectivity index (χ1) is 14.6. The molecule has 158 valence electrons. The number of nitrogens with one attached hydrogen (secondary N) is 1. The van der Waals surface area contributed by atoms with E-state index in [-0.39, 0.29) is 24.3 Å². The van der Waals surface area contributed by atoms with Crippen LogP contribution in [0, 0.1) is 5.82 Å². The van der Waals surface area contributed by atoms with Gasteiger partial charge in [-0.1, -0.05) is 55.7 Å². The van der Waals surface area contributed by atoms with Crippen molar-refractivity contribution in [2.45, 2.75) is 51.1 Å². The van der Waals surface area contributed by atoms with Crippen LogP contribution in [-0.2, 0) is 17.8 Å². The Hall–Kier alpha value is -2.47. The Morgan fingerprint density at radius 3 is 2.63 bits per heavy atom. The highest BCUT2D eigenvalue weighted by Crippen LogP contribution is 2.27. The normalized spacial score (nSPS) is 16.2. The maximum absolute atomic E-state index is 14.3. The van der Waals surface area contributed by atoms with Crippen molar-refractivity contribution in [1.29, 1.82) is 0 Å². The zero-order valence-electron chi connectivity index (χ0n) is 17.1. The number of hydrogen-bond donors (Lipinski definition) is 1. The second-order valence-electron chi connectivity index (χ2n) is 8.09. The fourth-order valence-corrected chi connectivity index (χ4v) is 4.80. The van der Waals surface area contributed by atoms with Crippen molar-refractivity contribution in [3.8, 4) is 0 Å². The number of halogens is 1. The van der Waals surface area contributed by atoms with Crippen LogP contribution in [0.1, 0.15) is 43.2 Å². The minimum atomic E-state index is -0.217. The van der Waals surface area contributed by atoms with Crippen LogP contribution in [0.5, 0.6) is 0 Å². The Morgan fingerprint density at radius 2 is 1.83 bits per heavy atom. The van der Waals surface area contributed by atoms with Crippen molar-refractivity contribution in [2.24, 2.45) is 0 Å². The Bertz CT molecular complexity index is 913. The molecular weight excluding hydrogens is 397 g/mol. The molecule has 0 aromatic heterocycles. The molecule has 0 saturated heterocycles. The Labute approximate surface area is 183 Å². The fraction of sp³-hybridized carbons (Fsp3) is 0.417. The topological polar surface area (TPSA) is 35.6 Å². The molecule has 1 N–H and O–H groups in total. The monoisotopic (exact) mass is 425 g/mol. The molecule has 1 amide bonds. The Kier molecular flexibility index (Phi) is 6.62. The second-order valence-corrected chi connectivity index (χ2v) is 8.48. The number of anilines is 1. The molecule has 1 fully saturated rings. The number of para-hydroxylation sites is 1. The van der Waals surface area contributed by atoms with Gasteiger partial charge in [-0.2, -0.15) is 0 Å². The summed E-state index contributed by atoms with van der Waals surface area (Å²) >= 11 is 5.69. The van der Waals surface area contributed by atoms with E-state index in [0.29, 0.717) is 23.8 Å². The van der Waals surface area contributed by atoms with Gasteiger partial charge < -0.3 is 15.1 Å². The van der Waals surface area contributed by atoms with Crippen LogP contribution in [0.25, 0.3) is 0 Å². The van der Waals surface area contributed by atoms with Gasteiger partial charge in [0, 0.05) is 30.4 Å². The molecule has 6 heteroatoms. The van der Waals surface area contributed by atoms with Gasteiger partial charge in [0.25, 0.3) is 0 Å². The van der Waals surface area contributed by atoms with E-state index in [1.807, 2.05) is 29.2 Å². The number of nitrogens with zero attached hydrogens (tertiary/aromatic N) is 2. The van der Waals surface area contributed by atoms with Gasteiger partial charge in [-0.3, -0.25) is 4.79 Å². The van der Waals surface area contributed by atoms with Crippen molar-refractivity contribution >= 4 is 28.9 Å². The molecule has 30 heavy (non-hydrogen) atoms. The van der Waals surface area contributed by atoms with Crippen molar-refractivity contribution in [1.82, 2.24) is 10.2 Å². The minimum Gasteiger partial charge on any atom is -0.353 e. The summed E-state index contributed by atoms with van der Waals surface area (Å²) in [6.45, 7) is 1.27. The van der Waals surface area contributed by atoms with Gasteiger partial charge >= 0.3 is 0 Å². The van der Waals surface area contributed by atoms with Crippen LogP contribution in [0.4, 0.5) is 10.1 Å². The molecule has 0 spiro atoms. The highest BCUT2D eigenvalue weighted by molar-refractivity contribution is 7.80. The largest absolute Gasteiger partial charge is 0.353 e. The van der Waals surface area contributed by atoms with Crippen LogP contribution in [0.15, 0.2) is 48.5 Å². The predicted octanol–water partition coefficient (Wildman–Crippen LogP) is 4.42. The first-order valence-electron chi connectivity index (χ1n) is 10.8. The smallest absolute Gasteiger partial charge is 0.246 e. The van der Waals surface area contributed by atoms with Gasteiger partial charge in [0.15, 0.2) is 5.11 Å². The van der Waals surface area contributed by atoms with E-state index >= 15 is 0 Å². The van der Waals surface area contributed by atoms with Gasteiger partial charge in [0.1, 0.15) is 5.82 Å². The summed E-state index contributed by atoms with van der Waals surface area (Å²) < 4.78 is 14.3. The lowest BCUT2D eigenvalue weighted by molar-refractivity contribution is -0.117. The molecule has 2 aliphatic rings. The molecule has 0 atom stereocenters. The molecular formula is C24H28FN3OS. The highest BCUT2D eigenvalue weighted by atomic mass is 32.1. The number of carbonyl (C=O) groups is 1. The molecule has 0 unspecified atom stereocenters. The zero-order valence-corrected chi connectivity index (χ0v) is 18.0. The standard InChI is InChI=1S/C24H28FN3OS/c25-21-12-6-4-9-19(21)17-28(20-10-2-1-3-11-20)24(30)26-16-23(29)27-15-14-18-8-5-7-13-22(18)27/h4-9,12-13,20H,1-3,10-11,14-17H2,(H,26,30). The maximum Gasteiger partial charge on any atom is 0.246 e. The lowest BCUT2D eigenvalue weighted by Gasteiger charge is -2.36. The predicted molar refractivity (Wildman–Crippen MR) is 122 cm³/mol. The van der Waals surface area contributed by atoms with Gasteiger partial charge in [0.05, 0.1) is 6.54 Å². The van der Waals surface area contributed by atoms with Crippen LogP contribution in [0.3, 0.4) is 0 Å². The van der Waals surface area contributed by atoms with Crippen LogP contribution in [0.2, 0.25) is 0 Å². The van der Waals surface area contributed by atoms with E-state index in [2.05, 4.69) is 16.3 Å². The average Bonchev–Trinajstić information content (AvgIpc) is 3.21. The van der Waals surface area contributed by atoms with Crippen molar-refractivity contribution in [2.75, 3.05) is 18.0 Å². The molecule has 1 saturated carbocycles. The minimum absolute atomic E-state index is 0.0109. The number of fused-ring (bicyclic) bond motifs is 1. The number of benzene rings is 2. The first kappa shape index (κ1) is 20.8. The first-order valence-corrected chi connectivity index (χ1v) is 11.2. The fourth-order valence-electron chi connectivity index (χ4n) is 4.52. The molecule has 2 aromatic carbocycles. The van der Waals surface area contributed by atoms with E-state index in [9.17, 15) is 9.18 Å². The molecule has 4 nitrogen and oxygen atoms in total. The van der Waals surface area contributed by atoms with Crippen molar-refractivity contribution in [3.63, 3.8) is 0 Å². The summed E-state index contributed by atoms with van der Waals surface area (Å²) in [5, 5.41) is 3.70. The summed E-state index contributed by atoms with van der Waals surface area (Å²) in [6.07, 6.45) is 6.52. The van der Waals surface area contributed by atoms with Gasteiger partial charge in [0.2, 0.25) is 5.91 Å². The van der Waals surface area contributed by atoms with Crippen LogP contribution < -0.4 is 10.2 Å². The third-order valence-corrected chi connectivity index (χ3v) is 6.53. The summed E-state index contributed by atoms with van der Waals surface area (Å²) in [6, 6.07) is 15.1. The molecule has 0 bridgehead atoms. The molecule has 1 heterocycles. The Morgan fingerprint density at radius 1 is 1.10 bits per heavy atom. The molecule has 1 aliphatic carbocycles. The van der Waals surface area contributed by atoms with Gasteiger partial charge in [-0.25, -0.2) is 4.39 Å². The zero-order chi connectivity index (χ0) is 20.9. The SMILES string of the molecule is O=C(CNC(=S)N(Cc1ccccc1F)C1CCCCC1)N1CCc2ccccc21. The lowest BCUT2D eigenvalue weighted by Crippen LogP contribution is -2.49. The van der Waals surface area contributed by atoms with E-state index in [0.717, 1.165) is 37.8 Å². The molecule has 2 aromatic rings. The molecule has 1 aliphatic heterocycles. The number of rotatable bonds is 5. The summed E-state index contributed by atoms with van der Waals surface area (Å²) in [5.74, 6) is -0.206. The van der Waals surface area contributed by atoms with Crippen LogP contribution in [-0.4, -0.2) is 35.1 Å². The van der Waals surface area contributed by atoms with E-state index in [1.54, 1.807) is 12.1 Å². The third kappa shape index (κ3) is 4.64. The highest BCUT2D eigenvalue weighted by Gasteiger charge is 2.27. The average molecular weight is 426 g/mol. The van der Waals surface area contributed by atoms with Crippen molar-refractivity contribution in [3.05, 3.63) is 65.5 Å². The van der Waals surface area contributed by atoms with E-state index < -0.39 is 0 Å². The maximum atomic E-state index is 14.3. The van der Waals surface area contributed by atoms with E-state index in [4.69, 9.17) is 12.2 Å². The van der Waals surface area contributed by atoms with Crippen LogP contribution >= 0.6 is 12.2 Å². The molecule has 4 rings (SSSR count). The summed E-state index contributed by atoms with van der Waals surface area (Å²) in [5.41, 5.74) is 2.83. The summed E-state index contributed by atoms with van der Waals surface area (Å²) in [7, 11) is 0. The van der Waals surface area contributed by atoms with Crippen molar-refractivity contribution < 1.29 is 9.18 Å². The number of carbonyl (C=O) groups excluding carboxylic acids is 1. The quantitative estimate of drug-likeness (QED) is 0.719. The molecule has 0 radical (unpaired) electrons. The lowest BCUT2D eigenvalue weighted by atomic mass is 9.94. The third-order valence-electron chi connectivity index (χ3n) is 6.15.